The van der Waals surface area contributed by atoms with Crippen LogP contribution in [0, 0.1) is 6.92 Å². The molecular weight excluding hydrogens is 459 g/mol. The van der Waals surface area contributed by atoms with E-state index in [-0.39, 0.29) is 18.3 Å². The molecule has 10 heteroatoms. The molecule has 1 amide bonds. The fourth-order valence-corrected chi connectivity index (χ4v) is 4.08. The summed E-state index contributed by atoms with van der Waals surface area (Å²) in [5, 5.41) is 13.1. The Hall–Kier alpha value is -2.42. The lowest BCUT2D eigenvalue weighted by atomic mass is 10.2. The third-order valence-electron chi connectivity index (χ3n) is 4.37. The van der Waals surface area contributed by atoms with Gasteiger partial charge in [0.2, 0.25) is 5.91 Å². The summed E-state index contributed by atoms with van der Waals surface area (Å²) in [5.41, 5.74) is 1.46. The minimum atomic E-state index is -0.203. The largest absolute Gasteiger partial charge is 0.495 e. The highest BCUT2D eigenvalue weighted by Crippen LogP contribution is 2.28. The number of carbonyl (C=O) groups is 1. The molecule has 1 N–H and O–H groups in total. The molecule has 0 aliphatic rings. The molecule has 1 heterocycles. The Labute approximate surface area is 195 Å². The van der Waals surface area contributed by atoms with Gasteiger partial charge < -0.3 is 19.4 Å². The van der Waals surface area contributed by atoms with Gasteiger partial charge in [0.05, 0.1) is 18.6 Å². The van der Waals surface area contributed by atoms with Crippen LogP contribution in [0.2, 0.25) is 10.0 Å². The number of amides is 1. The van der Waals surface area contributed by atoms with Gasteiger partial charge in [0.15, 0.2) is 11.0 Å². The highest BCUT2D eigenvalue weighted by molar-refractivity contribution is 7.99. The molecule has 0 saturated carbocycles. The van der Waals surface area contributed by atoms with E-state index in [9.17, 15) is 4.79 Å². The molecule has 7 nitrogen and oxygen atoms in total. The fraction of sp³-hybridized carbons (Fsp3) is 0.286. The molecule has 1 aromatic heterocycles. The van der Waals surface area contributed by atoms with Crippen LogP contribution in [-0.2, 0) is 17.9 Å². The molecule has 164 valence electrons. The lowest BCUT2D eigenvalue weighted by Gasteiger charge is -2.11. The number of methoxy groups -OCH3 is 1. The average Bonchev–Trinajstić information content (AvgIpc) is 3.13. The molecule has 3 aromatic rings. The Balaban J connectivity index is 1.61. The first-order valence-corrected chi connectivity index (χ1v) is 11.2. The molecule has 0 aliphatic carbocycles. The minimum Gasteiger partial charge on any atom is -0.495 e. The topological polar surface area (TPSA) is 78.3 Å². The molecule has 0 fully saturated rings. The number of aromatic nitrogens is 3. The summed E-state index contributed by atoms with van der Waals surface area (Å²) in [6, 6.07) is 10.5. The van der Waals surface area contributed by atoms with E-state index in [1.54, 1.807) is 24.3 Å². The van der Waals surface area contributed by atoms with E-state index in [4.69, 9.17) is 32.7 Å². The number of hydrogen-bond donors (Lipinski definition) is 1. The number of carbonyl (C=O) groups excluding carboxylic acids is 1. The van der Waals surface area contributed by atoms with Gasteiger partial charge >= 0.3 is 0 Å². The number of anilines is 1. The standard InChI is InChI=1S/C21H22Cl2N4O3S/c1-4-27-19(11-30-17-7-5-14(22)9-13(17)2)25-26-21(27)31-12-20(28)24-16-10-15(23)6-8-18(16)29-3/h5-10H,4,11-12H2,1-3H3,(H,24,28). The van der Waals surface area contributed by atoms with E-state index in [0.717, 1.165) is 11.3 Å². The van der Waals surface area contributed by atoms with Crippen LogP contribution in [-0.4, -0.2) is 33.5 Å². The van der Waals surface area contributed by atoms with Crippen molar-refractivity contribution in [3.05, 3.63) is 57.8 Å². The Morgan fingerprint density at radius 1 is 1.13 bits per heavy atom. The summed E-state index contributed by atoms with van der Waals surface area (Å²) in [6.45, 7) is 4.83. The molecule has 2 aromatic carbocycles. The van der Waals surface area contributed by atoms with Gasteiger partial charge in [0.25, 0.3) is 0 Å². The molecule has 0 radical (unpaired) electrons. The quantitative estimate of drug-likeness (QED) is 0.422. The first kappa shape index (κ1) is 23.2. The first-order chi connectivity index (χ1) is 14.9. The minimum absolute atomic E-state index is 0.158. The summed E-state index contributed by atoms with van der Waals surface area (Å²) >= 11 is 13.3. The van der Waals surface area contributed by atoms with Crippen molar-refractivity contribution in [1.29, 1.82) is 0 Å². The summed E-state index contributed by atoms with van der Waals surface area (Å²) in [5.74, 6) is 1.91. The van der Waals surface area contributed by atoms with E-state index in [1.165, 1.54) is 18.9 Å². The van der Waals surface area contributed by atoms with Gasteiger partial charge in [-0.1, -0.05) is 35.0 Å². The van der Waals surface area contributed by atoms with Crippen LogP contribution in [0.4, 0.5) is 5.69 Å². The summed E-state index contributed by atoms with van der Waals surface area (Å²) in [6.07, 6.45) is 0. The van der Waals surface area contributed by atoms with Crippen LogP contribution < -0.4 is 14.8 Å². The number of benzene rings is 2. The van der Waals surface area contributed by atoms with E-state index in [2.05, 4.69) is 15.5 Å². The van der Waals surface area contributed by atoms with Crippen LogP contribution in [0.25, 0.3) is 0 Å². The zero-order valence-electron chi connectivity index (χ0n) is 17.3. The molecular formula is C21H22Cl2N4O3S. The predicted octanol–water partition coefficient (Wildman–Crippen LogP) is 5.23. The molecule has 0 aliphatic heterocycles. The lowest BCUT2D eigenvalue weighted by molar-refractivity contribution is -0.113. The van der Waals surface area contributed by atoms with Gasteiger partial charge in [0.1, 0.15) is 18.1 Å². The number of ether oxygens (including phenoxy) is 2. The van der Waals surface area contributed by atoms with Crippen molar-refractivity contribution in [3.63, 3.8) is 0 Å². The second kappa shape index (κ2) is 10.7. The molecule has 0 unspecified atom stereocenters. The normalized spacial score (nSPS) is 10.7. The highest BCUT2D eigenvalue weighted by atomic mass is 35.5. The molecule has 0 bridgehead atoms. The van der Waals surface area contributed by atoms with Crippen LogP contribution >= 0.6 is 35.0 Å². The number of aryl methyl sites for hydroxylation is 1. The number of nitrogens with one attached hydrogen (secondary N) is 1. The Morgan fingerprint density at radius 2 is 1.84 bits per heavy atom. The van der Waals surface area contributed by atoms with Gasteiger partial charge in [0, 0.05) is 16.6 Å². The fourth-order valence-electron chi connectivity index (χ4n) is 2.86. The van der Waals surface area contributed by atoms with E-state index < -0.39 is 0 Å². The summed E-state index contributed by atoms with van der Waals surface area (Å²) < 4.78 is 13.1. The molecule has 0 saturated heterocycles. The van der Waals surface area contributed by atoms with Crippen LogP contribution in [0.1, 0.15) is 18.3 Å². The van der Waals surface area contributed by atoms with Crippen LogP contribution in [0.5, 0.6) is 11.5 Å². The monoisotopic (exact) mass is 480 g/mol. The SMILES string of the molecule is CCn1c(COc2ccc(Cl)cc2C)nnc1SCC(=O)Nc1cc(Cl)ccc1OC. The molecule has 0 atom stereocenters. The lowest BCUT2D eigenvalue weighted by Crippen LogP contribution is -2.15. The van der Waals surface area contributed by atoms with Crippen molar-refractivity contribution >= 4 is 46.6 Å². The maximum absolute atomic E-state index is 12.4. The third-order valence-corrected chi connectivity index (χ3v) is 5.81. The van der Waals surface area contributed by atoms with Crippen molar-refractivity contribution in [1.82, 2.24) is 14.8 Å². The Morgan fingerprint density at radius 3 is 2.52 bits per heavy atom. The zero-order chi connectivity index (χ0) is 22.4. The maximum Gasteiger partial charge on any atom is 0.234 e. The molecule has 31 heavy (non-hydrogen) atoms. The summed E-state index contributed by atoms with van der Waals surface area (Å²) in [7, 11) is 1.53. The number of rotatable bonds is 9. The van der Waals surface area contributed by atoms with Crippen LogP contribution in [0.3, 0.4) is 0 Å². The Kier molecular flexibility index (Phi) is 8.06. The van der Waals surface area contributed by atoms with Crippen molar-refractivity contribution in [2.45, 2.75) is 32.2 Å². The zero-order valence-corrected chi connectivity index (χ0v) is 19.6. The average molecular weight is 481 g/mol. The van der Waals surface area contributed by atoms with Crippen molar-refractivity contribution in [2.24, 2.45) is 0 Å². The molecule has 0 spiro atoms. The third kappa shape index (κ3) is 6.06. The van der Waals surface area contributed by atoms with Gasteiger partial charge in [-0.25, -0.2) is 0 Å². The first-order valence-electron chi connectivity index (χ1n) is 9.48. The van der Waals surface area contributed by atoms with Gasteiger partial charge in [-0.3, -0.25) is 4.79 Å². The van der Waals surface area contributed by atoms with Crippen molar-refractivity contribution in [3.8, 4) is 11.5 Å². The predicted molar refractivity (Wildman–Crippen MR) is 124 cm³/mol. The second-order valence-electron chi connectivity index (χ2n) is 6.52. The molecule has 3 rings (SSSR count). The number of hydrogen-bond acceptors (Lipinski definition) is 6. The van der Waals surface area contributed by atoms with Gasteiger partial charge in [-0.15, -0.1) is 10.2 Å². The van der Waals surface area contributed by atoms with Gasteiger partial charge in [-0.2, -0.15) is 0 Å². The van der Waals surface area contributed by atoms with E-state index in [1.807, 2.05) is 30.5 Å². The van der Waals surface area contributed by atoms with Crippen LogP contribution in [0.15, 0.2) is 41.6 Å². The number of halogens is 2. The smallest absolute Gasteiger partial charge is 0.234 e. The Bertz CT molecular complexity index is 1070. The second-order valence-corrected chi connectivity index (χ2v) is 8.34. The van der Waals surface area contributed by atoms with Gasteiger partial charge in [-0.05, 0) is 55.8 Å². The van der Waals surface area contributed by atoms with E-state index >= 15 is 0 Å². The number of thioether (sulfide) groups is 1. The van der Waals surface area contributed by atoms with Crippen molar-refractivity contribution in [2.75, 3.05) is 18.2 Å². The van der Waals surface area contributed by atoms with E-state index in [0.29, 0.717) is 39.0 Å². The van der Waals surface area contributed by atoms with Crippen molar-refractivity contribution < 1.29 is 14.3 Å². The maximum atomic E-state index is 12.4. The highest BCUT2D eigenvalue weighted by Gasteiger charge is 2.15. The summed E-state index contributed by atoms with van der Waals surface area (Å²) in [4.78, 5) is 12.4. The number of nitrogens with zero attached hydrogens (tertiary/aromatic N) is 3.